The number of hydrogen-bond donors (Lipinski definition) is 2. The molecule has 2 aromatic rings. The molecule has 2 rings (SSSR count). The molecule has 0 aliphatic rings. The van der Waals surface area contributed by atoms with Crippen molar-refractivity contribution >= 4 is 28.9 Å². The van der Waals surface area contributed by atoms with Crippen LogP contribution in [0.1, 0.15) is 20.8 Å². The number of nitrogens with zero attached hydrogens (tertiary/aromatic N) is 2. The van der Waals surface area contributed by atoms with E-state index in [1.165, 1.54) is 40.5 Å². The van der Waals surface area contributed by atoms with Gasteiger partial charge in [0.2, 0.25) is 0 Å². The fourth-order valence-electron chi connectivity index (χ4n) is 1.69. The van der Waals surface area contributed by atoms with Crippen molar-refractivity contribution in [1.29, 1.82) is 0 Å². The lowest BCUT2D eigenvalue weighted by Gasteiger charge is -2.21. The van der Waals surface area contributed by atoms with Gasteiger partial charge in [0.1, 0.15) is 5.69 Å². The molecule has 20 heavy (non-hydrogen) atoms. The number of carboxylic acids is 1. The van der Waals surface area contributed by atoms with Crippen LogP contribution in [0.25, 0.3) is 0 Å². The first-order chi connectivity index (χ1) is 9.63. The fourth-order valence-corrected chi connectivity index (χ4v) is 2.21. The van der Waals surface area contributed by atoms with Gasteiger partial charge in [-0.05, 0) is 24.3 Å². The van der Waals surface area contributed by atoms with Crippen molar-refractivity contribution in [1.82, 2.24) is 4.98 Å². The van der Waals surface area contributed by atoms with Gasteiger partial charge in [-0.2, -0.15) is 0 Å². The van der Waals surface area contributed by atoms with E-state index in [1.54, 1.807) is 10.9 Å². The first-order valence-electron chi connectivity index (χ1n) is 5.77. The number of rotatable bonds is 5. The average molecular weight is 292 g/mol. The molecule has 104 valence electrons. The maximum absolute atomic E-state index is 12.3. The summed E-state index contributed by atoms with van der Waals surface area (Å²) in [5, 5.41) is 19.6. The summed E-state index contributed by atoms with van der Waals surface area (Å²) in [6.07, 6.45) is 0. The molecule has 2 N–H and O–H groups in total. The minimum absolute atomic E-state index is 0.114. The van der Waals surface area contributed by atoms with E-state index in [2.05, 4.69) is 4.98 Å². The molecule has 0 fully saturated rings. The number of thiazole rings is 1. The number of aromatic carboxylic acids is 1. The third-order valence-electron chi connectivity index (χ3n) is 2.65. The first-order valence-corrected chi connectivity index (χ1v) is 6.72. The Bertz CT molecular complexity index is 595. The highest BCUT2D eigenvalue weighted by Crippen LogP contribution is 2.18. The molecule has 6 nitrogen and oxygen atoms in total. The van der Waals surface area contributed by atoms with E-state index in [4.69, 9.17) is 10.2 Å². The molecule has 1 aromatic heterocycles. The molecule has 1 amide bonds. The number of carboxylic acid groups (broad SMARTS) is 1. The summed E-state index contributed by atoms with van der Waals surface area (Å²) >= 11 is 1.31. The van der Waals surface area contributed by atoms with Gasteiger partial charge in [-0.15, -0.1) is 11.3 Å². The van der Waals surface area contributed by atoms with Crippen molar-refractivity contribution in [3.8, 4) is 0 Å². The van der Waals surface area contributed by atoms with Crippen LogP contribution in [-0.2, 0) is 0 Å². The minimum atomic E-state index is -1.03. The summed E-state index contributed by atoms with van der Waals surface area (Å²) < 4.78 is 0. The van der Waals surface area contributed by atoms with Gasteiger partial charge in [-0.3, -0.25) is 4.79 Å². The Morgan fingerprint density at radius 1 is 1.25 bits per heavy atom. The highest BCUT2D eigenvalue weighted by atomic mass is 32.1. The van der Waals surface area contributed by atoms with Gasteiger partial charge >= 0.3 is 5.97 Å². The molecule has 0 aliphatic carbocycles. The lowest BCUT2D eigenvalue weighted by atomic mass is 10.2. The molecule has 7 heteroatoms. The Labute approximate surface area is 118 Å². The normalized spacial score (nSPS) is 10.2. The quantitative estimate of drug-likeness (QED) is 0.871. The van der Waals surface area contributed by atoms with Crippen LogP contribution in [0, 0.1) is 0 Å². The number of carbonyl (C=O) groups excluding carboxylic acids is 1. The standard InChI is InChI=1S/C13H12N2O4S/c16-6-5-15(12(17)11-7-20-8-14-11)10-3-1-9(2-4-10)13(18)19/h1-4,7-8,16H,5-6H2,(H,18,19). The van der Waals surface area contributed by atoms with Crippen LogP contribution in [0.3, 0.4) is 0 Å². The zero-order valence-corrected chi connectivity index (χ0v) is 11.2. The maximum atomic E-state index is 12.3. The largest absolute Gasteiger partial charge is 0.478 e. The summed E-state index contributed by atoms with van der Waals surface area (Å²) in [5.74, 6) is -1.36. The fraction of sp³-hybridized carbons (Fsp3) is 0.154. The van der Waals surface area contributed by atoms with Gasteiger partial charge in [0.15, 0.2) is 0 Å². The van der Waals surface area contributed by atoms with Gasteiger partial charge in [0.05, 0.1) is 17.7 Å². The Balaban J connectivity index is 2.28. The second-order valence-corrected chi connectivity index (χ2v) is 4.62. The van der Waals surface area contributed by atoms with E-state index in [1.807, 2.05) is 0 Å². The summed E-state index contributed by atoms with van der Waals surface area (Å²) in [6.45, 7) is -0.0840. The molecule has 1 heterocycles. The number of aromatic nitrogens is 1. The van der Waals surface area contributed by atoms with Crippen LogP contribution >= 0.6 is 11.3 Å². The van der Waals surface area contributed by atoms with Gasteiger partial charge in [-0.25, -0.2) is 9.78 Å². The number of aliphatic hydroxyl groups excluding tert-OH is 1. The maximum Gasteiger partial charge on any atom is 0.335 e. The lowest BCUT2D eigenvalue weighted by Crippen LogP contribution is -2.33. The van der Waals surface area contributed by atoms with Crippen molar-refractivity contribution < 1.29 is 19.8 Å². The minimum Gasteiger partial charge on any atom is -0.478 e. The number of amides is 1. The predicted molar refractivity (Wildman–Crippen MR) is 74.3 cm³/mol. The van der Waals surface area contributed by atoms with Crippen molar-refractivity contribution in [2.45, 2.75) is 0 Å². The molecule has 0 saturated carbocycles. The van der Waals surface area contributed by atoms with Crippen LogP contribution in [-0.4, -0.2) is 40.2 Å². The van der Waals surface area contributed by atoms with Crippen molar-refractivity contribution in [2.24, 2.45) is 0 Å². The van der Waals surface area contributed by atoms with E-state index in [0.29, 0.717) is 11.4 Å². The predicted octanol–water partition coefficient (Wildman–Crippen LogP) is 1.48. The van der Waals surface area contributed by atoms with Crippen molar-refractivity contribution in [2.75, 3.05) is 18.1 Å². The van der Waals surface area contributed by atoms with E-state index >= 15 is 0 Å². The molecule has 0 atom stereocenters. The molecular formula is C13H12N2O4S. The number of aliphatic hydroxyl groups is 1. The second kappa shape index (κ2) is 6.27. The Hall–Kier alpha value is -2.25. The second-order valence-electron chi connectivity index (χ2n) is 3.91. The molecule has 0 aliphatic heterocycles. The lowest BCUT2D eigenvalue weighted by molar-refractivity contribution is 0.0696. The van der Waals surface area contributed by atoms with Gasteiger partial charge < -0.3 is 15.1 Å². The zero-order chi connectivity index (χ0) is 14.5. The zero-order valence-electron chi connectivity index (χ0n) is 10.4. The third kappa shape index (κ3) is 3.01. The smallest absolute Gasteiger partial charge is 0.335 e. The molecule has 0 saturated heterocycles. The van der Waals surface area contributed by atoms with Gasteiger partial charge in [0.25, 0.3) is 5.91 Å². The molecular weight excluding hydrogens is 280 g/mol. The summed E-state index contributed by atoms with van der Waals surface area (Å²) in [7, 11) is 0. The molecule has 0 spiro atoms. The summed E-state index contributed by atoms with van der Waals surface area (Å²) in [5.41, 5.74) is 2.50. The monoisotopic (exact) mass is 292 g/mol. The van der Waals surface area contributed by atoms with Gasteiger partial charge in [0, 0.05) is 17.6 Å². The number of benzene rings is 1. The average Bonchev–Trinajstić information content (AvgIpc) is 2.98. The molecule has 1 aromatic carbocycles. The van der Waals surface area contributed by atoms with E-state index in [-0.39, 0.29) is 24.6 Å². The Morgan fingerprint density at radius 3 is 2.45 bits per heavy atom. The van der Waals surface area contributed by atoms with Crippen LogP contribution in [0.4, 0.5) is 5.69 Å². The van der Waals surface area contributed by atoms with Crippen LogP contribution < -0.4 is 4.90 Å². The highest BCUT2D eigenvalue weighted by molar-refractivity contribution is 7.07. The van der Waals surface area contributed by atoms with Crippen molar-refractivity contribution in [3.63, 3.8) is 0 Å². The van der Waals surface area contributed by atoms with E-state index in [0.717, 1.165) is 0 Å². The Morgan fingerprint density at radius 2 is 1.95 bits per heavy atom. The van der Waals surface area contributed by atoms with Crippen LogP contribution in [0.5, 0.6) is 0 Å². The number of hydrogen-bond acceptors (Lipinski definition) is 5. The van der Waals surface area contributed by atoms with Crippen LogP contribution in [0.2, 0.25) is 0 Å². The molecule has 0 unspecified atom stereocenters. The SMILES string of the molecule is O=C(O)c1ccc(N(CCO)C(=O)c2cscn2)cc1. The number of carbonyl (C=O) groups is 2. The Kier molecular flexibility index (Phi) is 4.44. The molecule has 0 radical (unpaired) electrons. The summed E-state index contributed by atoms with van der Waals surface area (Å²) in [6, 6.07) is 5.89. The topological polar surface area (TPSA) is 90.7 Å². The first kappa shape index (κ1) is 14.2. The van der Waals surface area contributed by atoms with Crippen LogP contribution in [0.15, 0.2) is 35.2 Å². The van der Waals surface area contributed by atoms with E-state index < -0.39 is 5.97 Å². The van der Waals surface area contributed by atoms with Gasteiger partial charge in [-0.1, -0.05) is 0 Å². The molecule has 0 bridgehead atoms. The third-order valence-corrected chi connectivity index (χ3v) is 3.23. The summed E-state index contributed by atoms with van der Waals surface area (Å²) in [4.78, 5) is 28.4. The van der Waals surface area contributed by atoms with E-state index in [9.17, 15) is 9.59 Å². The highest BCUT2D eigenvalue weighted by Gasteiger charge is 2.19. The number of anilines is 1. The van der Waals surface area contributed by atoms with Crippen molar-refractivity contribution in [3.05, 3.63) is 46.4 Å².